The average Bonchev–Trinajstić information content (AvgIpc) is 2.50. The van der Waals surface area contributed by atoms with E-state index in [1.165, 1.54) is 17.7 Å². The molecule has 0 saturated carbocycles. The van der Waals surface area contributed by atoms with Crippen molar-refractivity contribution < 1.29 is 9.47 Å². The van der Waals surface area contributed by atoms with Gasteiger partial charge in [-0.1, -0.05) is 13.8 Å². The maximum Gasteiger partial charge on any atom is 0.141 e. The lowest BCUT2D eigenvalue weighted by molar-refractivity contribution is 0.381. The summed E-state index contributed by atoms with van der Waals surface area (Å²) in [6, 6.07) is 4.38. The van der Waals surface area contributed by atoms with Crippen molar-refractivity contribution >= 4 is 27.7 Å². The quantitative estimate of drug-likeness (QED) is 0.602. The monoisotopic (exact) mass is 375 g/mol. The van der Waals surface area contributed by atoms with Crippen LogP contribution in [0.3, 0.4) is 0 Å². The summed E-state index contributed by atoms with van der Waals surface area (Å²) >= 11 is 5.56. The molecule has 0 bridgehead atoms. The number of hydrogen-bond acceptors (Lipinski definition) is 4. The summed E-state index contributed by atoms with van der Waals surface area (Å²) in [5.41, 5.74) is 1.18. The first-order valence-corrected chi connectivity index (χ1v) is 9.35. The fourth-order valence-electron chi connectivity index (χ4n) is 2.12. The zero-order chi connectivity index (χ0) is 15.7. The van der Waals surface area contributed by atoms with Crippen LogP contribution in [-0.2, 0) is 0 Å². The van der Waals surface area contributed by atoms with Crippen molar-refractivity contribution in [2.75, 3.05) is 32.3 Å². The van der Waals surface area contributed by atoms with E-state index in [-0.39, 0.29) is 0 Å². The van der Waals surface area contributed by atoms with Crippen LogP contribution in [0.2, 0.25) is 0 Å². The molecule has 3 nitrogen and oxygen atoms in total. The molecule has 0 aliphatic carbocycles. The molecule has 0 amide bonds. The van der Waals surface area contributed by atoms with Crippen molar-refractivity contribution in [3.8, 4) is 11.5 Å². The van der Waals surface area contributed by atoms with Gasteiger partial charge in [0.25, 0.3) is 0 Å². The summed E-state index contributed by atoms with van der Waals surface area (Å²) in [6.07, 6.45) is 2.32. The van der Waals surface area contributed by atoms with Gasteiger partial charge in [-0.3, -0.25) is 0 Å². The Morgan fingerprint density at radius 1 is 1.19 bits per heavy atom. The minimum atomic E-state index is 0.290. The Hall–Kier alpha value is -0.390. The van der Waals surface area contributed by atoms with E-state index in [1.54, 1.807) is 14.2 Å². The highest BCUT2D eigenvalue weighted by molar-refractivity contribution is 9.10. The van der Waals surface area contributed by atoms with Gasteiger partial charge in [0.15, 0.2) is 0 Å². The van der Waals surface area contributed by atoms with Crippen LogP contribution in [0.25, 0.3) is 0 Å². The number of halogens is 1. The van der Waals surface area contributed by atoms with E-state index in [0.717, 1.165) is 34.7 Å². The van der Waals surface area contributed by atoms with Crippen LogP contribution in [0.1, 0.15) is 38.3 Å². The maximum absolute atomic E-state index is 5.61. The Morgan fingerprint density at radius 2 is 1.95 bits per heavy atom. The highest BCUT2D eigenvalue weighted by Gasteiger charge is 2.20. The van der Waals surface area contributed by atoms with Crippen molar-refractivity contribution in [2.24, 2.45) is 0 Å². The smallest absolute Gasteiger partial charge is 0.141 e. The van der Waals surface area contributed by atoms with Crippen molar-refractivity contribution in [3.05, 3.63) is 22.2 Å². The predicted octanol–water partition coefficient (Wildman–Crippen LogP) is 4.65. The standard InChI is InChI=1S/C16H26BrNO2S/c1-5-9-18-13(11-21-10-6-2)12-7-8-14(19-3)15(17)16(12)20-4/h7-8,13,18H,5-6,9-11H2,1-4H3. The lowest BCUT2D eigenvalue weighted by atomic mass is 10.1. The van der Waals surface area contributed by atoms with E-state index in [4.69, 9.17) is 9.47 Å². The van der Waals surface area contributed by atoms with Crippen LogP contribution < -0.4 is 14.8 Å². The van der Waals surface area contributed by atoms with Gasteiger partial charge in [0.2, 0.25) is 0 Å². The SMILES string of the molecule is CCCNC(CSCCC)c1ccc(OC)c(Br)c1OC. The largest absolute Gasteiger partial charge is 0.495 e. The van der Waals surface area contributed by atoms with Gasteiger partial charge < -0.3 is 14.8 Å². The summed E-state index contributed by atoms with van der Waals surface area (Å²) < 4.78 is 11.8. The maximum atomic E-state index is 5.61. The fraction of sp³-hybridized carbons (Fsp3) is 0.625. The molecular formula is C16H26BrNO2S. The molecule has 0 fully saturated rings. The van der Waals surface area contributed by atoms with E-state index in [9.17, 15) is 0 Å². The Bertz CT molecular complexity index is 429. The van der Waals surface area contributed by atoms with Gasteiger partial charge in [0.1, 0.15) is 16.0 Å². The van der Waals surface area contributed by atoms with E-state index in [0.29, 0.717) is 6.04 Å². The van der Waals surface area contributed by atoms with E-state index in [2.05, 4.69) is 41.2 Å². The minimum absolute atomic E-state index is 0.290. The Labute approximate surface area is 141 Å². The highest BCUT2D eigenvalue weighted by Crippen LogP contribution is 2.40. The van der Waals surface area contributed by atoms with Crippen LogP contribution in [0, 0.1) is 0 Å². The summed E-state index contributed by atoms with van der Waals surface area (Å²) in [6.45, 7) is 5.40. The van der Waals surface area contributed by atoms with Crippen molar-refractivity contribution in [1.29, 1.82) is 0 Å². The number of hydrogen-bond donors (Lipinski definition) is 1. The Morgan fingerprint density at radius 3 is 2.52 bits per heavy atom. The van der Waals surface area contributed by atoms with Gasteiger partial charge in [0, 0.05) is 17.4 Å². The molecule has 120 valence electrons. The topological polar surface area (TPSA) is 30.5 Å². The molecule has 1 aromatic rings. The summed E-state index contributed by atoms with van der Waals surface area (Å²) in [7, 11) is 3.38. The molecule has 1 N–H and O–H groups in total. The molecule has 21 heavy (non-hydrogen) atoms. The average molecular weight is 376 g/mol. The first-order chi connectivity index (χ1) is 10.2. The molecule has 0 radical (unpaired) electrons. The summed E-state index contributed by atoms with van der Waals surface area (Å²) in [5, 5.41) is 3.62. The van der Waals surface area contributed by atoms with Gasteiger partial charge in [-0.25, -0.2) is 0 Å². The molecule has 0 aliphatic rings. The molecule has 0 saturated heterocycles. The second-order valence-electron chi connectivity index (χ2n) is 4.79. The van der Waals surface area contributed by atoms with Crippen LogP contribution in [0.15, 0.2) is 16.6 Å². The van der Waals surface area contributed by atoms with Crippen LogP contribution in [0.4, 0.5) is 0 Å². The van der Waals surface area contributed by atoms with Gasteiger partial charge in [-0.15, -0.1) is 0 Å². The molecule has 0 spiro atoms. The van der Waals surface area contributed by atoms with Crippen molar-refractivity contribution in [2.45, 2.75) is 32.7 Å². The van der Waals surface area contributed by atoms with Gasteiger partial charge in [0.05, 0.1) is 14.2 Å². The number of methoxy groups -OCH3 is 2. The predicted molar refractivity (Wildman–Crippen MR) is 95.9 cm³/mol. The van der Waals surface area contributed by atoms with Crippen LogP contribution >= 0.6 is 27.7 Å². The number of benzene rings is 1. The van der Waals surface area contributed by atoms with Gasteiger partial charge >= 0.3 is 0 Å². The van der Waals surface area contributed by atoms with Crippen molar-refractivity contribution in [1.82, 2.24) is 5.32 Å². The number of ether oxygens (including phenoxy) is 2. The molecule has 1 rings (SSSR count). The van der Waals surface area contributed by atoms with Crippen molar-refractivity contribution in [3.63, 3.8) is 0 Å². The van der Waals surface area contributed by atoms with Gasteiger partial charge in [-0.05, 0) is 53.2 Å². The van der Waals surface area contributed by atoms with Crippen LogP contribution in [0.5, 0.6) is 11.5 Å². The molecule has 1 aromatic carbocycles. The molecule has 0 aromatic heterocycles. The first kappa shape index (κ1) is 18.7. The zero-order valence-electron chi connectivity index (χ0n) is 13.4. The third-order valence-electron chi connectivity index (χ3n) is 3.17. The lowest BCUT2D eigenvalue weighted by Crippen LogP contribution is -2.25. The second kappa shape index (κ2) is 10.4. The second-order valence-corrected chi connectivity index (χ2v) is 6.73. The van der Waals surface area contributed by atoms with E-state index in [1.807, 2.05) is 17.8 Å². The van der Waals surface area contributed by atoms with E-state index < -0.39 is 0 Å². The fourth-order valence-corrected chi connectivity index (χ4v) is 3.79. The zero-order valence-corrected chi connectivity index (χ0v) is 15.8. The molecule has 0 heterocycles. The number of rotatable bonds is 10. The third kappa shape index (κ3) is 5.38. The summed E-state index contributed by atoms with van der Waals surface area (Å²) in [5.74, 6) is 3.89. The normalized spacial score (nSPS) is 12.2. The lowest BCUT2D eigenvalue weighted by Gasteiger charge is -2.22. The van der Waals surface area contributed by atoms with E-state index >= 15 is 0 Å². The summed E-state index contributed by atoms with van der Waals surface area (Å²) in [4.78, 5) is 0. The molecule has 5 heteroatoms. The molecule has 1 atom stereocenters. The Balaban J connectivity index is 3.01. The number of nitrogens with one attached hydrogen (secondary N) is 1. The van der Waals surface area contributed by atoms with Gasteiger partial charge in [-0.2, -0.15) is 11.8 Å². The third-order valence-corrected chi connectivity index (χ3v) is 5.18. The molecular weight excluding hydrogens is 350 g/mol. The Kier molecular flexibility index (Phi) is 9.20. The first-order valence-electron chi connectivity index (χ1n) is 7.41. The molecule has 0 aliphatic heterocycles. The number of thioether (sulfide) groups is 1. The van der Waals surface area contributed by atoms with Crippen LogP contribution in [-0.4, -0.2) is 32.3 Å². The molecule has 1 unspecified atom stereocenters. The minimum Gasteiger partial charge on any atom is -0.495 e. The highest BCUT2D eigenvalue weighted by atomic mass is 79.9.